The highest BCUT2D eigenvalue weighted by Gasteiger charge is 2.25. The van der Waals surface area contributed by atoms with Crippen LogP contribution < -0.4 is 4.74 Å². The van der Waals surface area contributed by atoms with Crippen LogP contribution in [0, 0.1) is 6.92 Å². The lowest BCUT2D eigenvalue weighted by Crippen LogP contribution is -2.05. The number of halogens is 1. The van der Waals surface area contributed by atoms with Gasteiger partial charge in [-0.3, -0.25) is 0 Å². The molecule has 3 aromatic carbocycles. The maximum absolute atomic E-state index is 12.2. The number of hydrogen-bond acceptors (Lipinski definition) is 4. The number of aliphatic imine (C=N–C) groups is 1. The normalized spacial score (nSPS) is 14.6. The molecule has 4 rings (SSSR count). The number of ether oxygens (including phenoxy) is 2. The summed E-state index contributed by atoms with van der Waals surface area (Å²) in [5, 5.41) is 0.482. The molecule has 3 aromatic rings. The molecule has 0 atom stereocenters. The Labute approximate surface area is 174 Å². The molecule has 1 aliphatic heterocycles. The Bertz CT molecular complexity index is 1120. The standard InChI is InChI=1S/C24H18ClNO3/c1-16-5-4-6-18(13-16)15-28-19-11-9-17(10-12-19)14-22-24(27)29-23(26-22)20-7-2-3-8-21(20)25/h2-14H,15H2,1H3/b22-14-. The molecule has 144 valence electrons. The van der Waals surface area contributed by atoms with Gasteiger partial charge in [0.05, 0.1) is 10.6 Å². The molecule has 0 radical (unpaired) electrons. The first kappa shape index (κ1) is 19.0. The zero-order valence-electron chi connectivity index (χ0n) is 15.8. The summed E-state index contributed by atoms with van der Waals surface area (Å²) >= 11 is 6.15. The lowest BCUT2D eigenvalue weighted by molar-refractivity contribution is -0.129. The van der Waals surface area contributed by atoms with Crippen LogP contribution in [0.3, 0.4) is 0 Å². The third kappa shape index (κ3) is 4.55. The van der Waals surface area contributed by atoms with Gasteiger partial charge in [-0.05, 0) is 48.4 Å². The number of carbonyl (C=O) groups excluding carboxylic acids is 1. The summed E-state index contributed by atoms with van der Waals surface area (Å²) in [5.41, 5.74) is 3.96. The van der Waals surface area contributed by atoms with Crippen molar-refractivity contribution in [3.63, 3.8) is 0 Å². The fraction of sp³-hybridized carbons (Fsp3) is 0.0833. The topological polar surface area (TPSA) is 47.9 Å². The Morgan fingerprint density at radius 2 is 1.83 bits per heavy atom. The van der Waals surface area contributed by atoms with Gasteiger partial charge < -0.3 is 9.47 Å². The molecule has 0 spiro atoms. The zero-order chi connectivity index (χ0) is 20.2. The number of hydrogen-bond donors (Lipinski definition) is 0. The number of nitrogens with zero attached hydrogens (tertiary/aromatic N) is 1. The van der Waals surface area contributed by atoms with Crippen LogP contribution in [0.4, 0.5) is 0 Å². The fourth-order valence-corrected chi connectivity index (χ4v) is 3.16. The number of cyclic esters (lactones) is 1. The van der Waals surface area contributed by atoms with Crippen LogP contribution >= 0.6 is 11.6 Å². The first-order valence-electron chi connectivity index (χ1n) is 9.14. The minimum atomic E-state index is -0.500. The number of esters is 1. The van der Waals surface area contributed by atoms with Crippen molar-refractivity contribution in [2.24, 2.45) is 4.99 Å². The number of benzene rings is 3. The van der Waals surface area contributed by atoms with Crippen molar-refractivity contribution in [2.45, 2.75) is 13.5 Å². The lowest BCUT2D eigenvalue weighted by atomic mass is 10.1. The predicted molar refractivity (Wildman–Crippen MR) is 114 cm³/mol. The van der Waals surface area contributed by atoms with Crippen molar-refractivity contribution in [3.05, 3.63) is 106 Å². The summed E-state index contributed by atoms with van der Waals surface area (Å²) < 4.78 is 11.1. The third-order valence-electron chi connectivity index (χ3n) is 4.40. The second-order valence-electron chi connectivity index (χ2n) is 6.66. The largest absolute Gasteiger partial charge is 0.489 e. The summed E-state index contributed by atoms with van der Waals surface area (Å²) in [6, 6.07) is 22.8. The van der Waals surface area contributed by atoms with E-state index < -0.39 is 5.97 Å². The van der Waals surface area contributed by atoms with Gasteiger partial charge in [0.25, 0.3) is 0 Å². The highest BCUT2D eigenvalue weighted by Crippen LogP contribution is 2.24. The van der Waals surface area contributed by atoms with Gasteiger partial charge in [-0.25, -0.2) is 9.79 Å². The van der Waals surface area contributed by atoms with E-state index in [0.29, 0.717) is 17.2 Å². The average Bonchev–Trinajstić information content (AvgIpc) is 3.08. The van der Waals surface area contributed by atoms with Crippen LogP contribution in [0.1, 0.15) is 22.3 Å². The zero-order valence-corrected chi connectivity index (χ0v) is 16.5. The second kappa shape index (κ2) is 8.33. The molecule has 0 bridgehead atoms. The first-order valence-corrected chi connectivity index (χ1v) is 9.52. The van der Waals surface area contributed by atoms with Crippen LogP contribution in [0.2, 0.25) is 5.02 Å². The van der Waals surface area contributed by atoms with Gasteiger partial charge >= 0.3 is 5.97 Å². The van der Waals surface area contributed by atoms with E-state index in [0.717, 1.165) is 16.9 Å². The molecule has 0 aromatic heterocycles. The molecular weight excluding hydrogens is 386 g/mol. The molecule has 5 heteroatoms. The molecule has 1 aliphatic rings. The minimum absolute atomic E-state index is 0.213. The van der Waals surface area contributed by atoms with Crippen molar-refractivity contribution in [2.75, 3.05) is 0 Å². The van der Waals surface area contributed by atoms with Gasteiger partial charge in [-0.1, -0.05) is 65.7 Å². The first-order chi connectivity index (χ1) is 14.1. The van der Waals surface area contributed by atoms with E-state index in [4.69, 9.17) is 21.1 Å². The van der Waals surface area contributed by atoms with Crippen LogP contribution in [-0.2, 0) is 16.1 Å². The SMILES string of the molecule is Cc1cccc(COc2ccc(/C=C3\N=C(c4ccccc4Cl)OC3=O)cc2)c1. The molecule has 0 saturated carbocycles. The van der Waals surface area contributed by atoms with Gasteiger partial charge in [0.2, 0.25) is 5.90 Å². The highest BCUT2D eigenvalue weighted by atomic mass is 35.5. The van der Waals surface area contributed by atoms with Crippen molar-refractivity contribution in [1.29, 1.82) is 0 Å². The Morgan fingerprint density at radius 3 is 2.59 bits per heavy atom. The van der Waals surface area contributed by atoms with Crippen LogP contribution in [-0.4, -0.2) is 11.9 Å². The molecule has 0 aliphatic carbocycles. The predicted octanol–water partition coefficient (Wildman–Crippen LogP) is 5.57. The molecule has 0 N–H and O–H groups in total. The Kier molecular flexibility index (Phi) is 5.45. The summed E-state index contributed by atoms with van der Waals surface area (Å²) in [7, 11) is 0. The number of carbonyl (C=O) groups is 1. The van der Waals surface area contributed by atoms with Gasteiger partial charge in [-0.15, -0.1) is 0 Å². The average molecular weight is 404 g/mol. The van der Waals surface area contributed by atoms with Crippen molar-refractivity contribution >= 4 is 29.5 Å². The van der Waals surface area contributed by atoms with Crippen LogP contribution in [0.25, 0.3) is 6.08 Å². The molecule has 0 unspecified atom stereocenters. The molecule has 0 saturated heterocycles. The summed E-state index contributed by atoms with van der Waals surface area (Å²) in [6.07, 6.45) is 1.68. The van der Waals surface area contributed by atoms with E-state index in [2.05, 4.69) is 24.0 Å². The van der Waals surface area contributed by atoms with Gasteiger partial charge in [0, 0.05) is 0 Å². The molecule has 1 heterocycles. The second-order valence-corrected chi connectivity index (χ2v) is 7.07. The van der Waals surface area contributed by atoms with E-state index in [1.54, 1.807) is 18.2 Å². The molecular formula is C24H18ClNO3. The van der Waals surface area contributed by atoms with E-state index >= 15 is 0 Å². The maximum atomic E-state index is 12.2. The number of aryl methyl sites for hydroxylation is 1. The Hall–Kier alpha value is -3.37. The summed E-state index contributed by atoms with van der Waals surface area (Å²) in [6.45, 7) is 2.55. The van der Waals surface area contributed by atoms with Crippen molar-refractivity contribution in [3.8, 4) is 5.75 Å². The molecule has 0 amide bonds. The monoisotopic (exact) mass is 403 g/mol. The van der Waals surface area contributed by atoms with Crippen molar-refractivity contribution in [1.82, 2.24) is 0 Å². The molecule has 0 fully saturated rings. The Morgan fingerprint density at radius 1 is 1.03 bits per heavy atom. The minimum Gasteiger partial charge on any atom is -0.489 e. The van der Waals surface area contributed by atoms with Gasteiger partial charge in [0.15, 0.2) is 5.70 Å². The molecule has 29 heavy (non-hydrogen) atoms. The summed E-state index contributed by atoms with van der Waals surface area (Å²) in [4.78, 5) is 16.4. The van der Waals surface area contributed by atoms with Gasteiger partial charge in [0.1, 0.15) is 12.4 Å². The fourth-order valence-electron chi connectivity index (χ4n) is 2.95. The van der Waals surface area contributed by atoms with Crippen LogP contribution in [0.15, 0.2) is 83.5 Å². The van der Waals surface area contributed by atoms with Crippen molar-refractivity contribution < 1.29 is 14.3 Å². The van der Waals surface area contributed by atoms with E-state index in [9.17, 15) is 4.79 Å². The van der Waals surface area contributed by atoms with E-state index in [-0.39, 0.29) is 11.6 Å². The Balaban J connectivity index is 1.47. The van der Waals surface area contributed by atoms with E-state index in [1.807, 2.05) is 48.5 Å². The lowest BCUT2D eigenvalue weighted by Gasteiger charge is -2.07. The quantitative estimate of drug-likeness (QED) is 0.413. The van der Waals surface area contributed by atoms with Gasteiger partial charge in [-0.2, -0.15) is 0 Å². The highest BCUT2D eigenvalue weighted by molar-refractivity contribution is 6.34. The number of rotatable bonds is 5. The third-order valence-corrected chi connectivity index (χ3v) is 4.73. The van der Waals surface area contributed by atoms with E-state index in [1.165, 1.54) is 5.56 Å². The van der Waals surface area contributed by atoms with Crippen LogP contribution in [0.5, 0.6) is 5.75 Å². The maximum Gasteiger partial charge on any atom is 0.363 e. The smallest absolute Gasteiger partial charge is 0.363 e. The molecule has 4 nitrogen and oxygen atoms in total. The summed E-state index contributed by atoms with van der Waals surface area (Å²) in [5.74, 6) is 0.465.